The van der Waals surface area contributed by atoms with Gasteiger partial charge in [-0.05, 0) is 25.1 Å². The van der Waals surface area contributed by atoms with Gasteiger partial charge in [0.2, 0.25) is 0 Å². The van der Waals surface area contributed by atoms with Crippen LogP contribution >= 0.6 is 11.6 Å². The van der Waals surface area contributed by atoms with E-state index < -0.39 is 17.7 Å². The van der Waals surface area contributed by atoms with Crippen molar-refractivity contribution in [3.8, 4) is 5.75 Å². The zero-order chi connectivity index (χ0) is 14.7. The first-order valence-corrected chi connectivity index (χ1v) is 6.40. The molecule has 1 N–H and O–H groups in total. The fourth-order valence-electron chi connectivity index (χ4n) is 1.76. The van der Waals surface area contributed by atoms with Crippen LogP contribution in [0.25, 0.3) is 0 Å². The maximum atomic E-state index is 13.6. The Kier molecular flexibility index (Phi) is 4.57. The number of hydrogen-bond donors (Lipinski definition) is 1. The molecule has 0 saturated carbocycles. The summed E-state index contributed by atoms with van der Waals surface area (Å²) in [6.07, 6.45) is -0.894. The van der Waals surface area contributed by atoms with Crippen molar-refractivity contribution in [3.05, 3.63) is 64.2 Å². The molecule has 106 valence electrons. The van der Waals surface area contributed by atoms with E-state index in [-0.39, 0.29) is 28.5 Å². The molecule has 0 aliphatic carbocycles. The summed E-state index contributed by atoms with van der Waals surface area (Å²) in [6.45, 7) is 1.42. The molecule has 0 bridgehead atoms. The van der Waals surface area contributed by atoms with E-state index in [1.54, 1.807) is 12.1 Å². The van der Waals surface area contributed by atoms with Gasteiger partial charge in [0.1, 0.15) is 24.0 Å². The second-order valence-corrected chi connectivity index (χ2v) is 4.77. The van der Waals surface area contributed by atoms with E-state index in [0.717, 1.165) is 6.07 Å². The maximum absolute atomic E-state index is 13.6. The summed E-state index contributed by atoms with van der Waals surface area (Å²) in [5.41, 5.74) is 0.476. The molecule has 0 heterocycles. The topological polar surface area (TPSA) is 29.5 Å². The van der Waals surface area contributed by atoms with Crippen LogP contribution in [0.4, 0.5) is 8.78 Å². The third-order valence-electron chi connectivity index (χ3n) is 2.85. The molecule has 0 saturated heterocycles. The number of ether oxygens (including phenoxy) is 1. The number of halogens is 3. The van der Waals surface area contributed by atoms with Crippen molar-refractivity contribution in [2.24, 2.45) is 0 Å². The lowest BCUT2D eigenvalue weighted by atomic mass is 10.1. The lowest BCUT2D eigenvalue weighted by Crippen LogP contribution is -2.01. The number of aliphatic hydroxyl groups is 1. The summed E-state index contributed by atoms with van der Waals surface area (Å²) in [5, 5.41) is 9.34. The number of hydrogen-bond acceptors (Lipinski definition) is 2. The van der Waals surface area contributed by atoms with Crippen molar-refractivity contribution < 1.29 is 18.6 Å². The maximum Gasteiger partial charge on any atom is 0.148 e. The van der Waals surface area contributed by atoms with E-state index in [4.69, 9.17) is 16.3 Å². The van der Waals surface area contributed by atoms with Crippen molar-refractivity contribution in [2.75, 3.05) is 0 Å². The summed E-state index contributed by atoms with van der Waals surface area (Å²) >= 11 is 5.66. The summed E-state index contributed by atoms with van der Waals surface area (Å²) < 4.78 is 32.6. The van der Waals surface area contributed by atoms with E-state index >= 15 is 0 Å². The van der Waals surface area contributed by atoms with Gasteiger partial charge >= 0.3 is 0 Å². The molecule has 0 aliphatic heterocycles. The monoisotopic (exact) mass is 298 g/mol. The van der Waals surface area contributed by atoms with E-state index in [9.17, 15) is 13.9 Å². The fourth-order valence-corrected chi connectivity index (χ4v) is 1.95. The summed E-state index contributed by atoms with van der Waals surface area (Å²) in [7, 11) is 0. The minimum absolute atomic E-state index is 0.0155. The quantitative estimate of drug-likeness (QED) is 0.914. The van der Waals surface area contributed by atoms with E-state index in [0.29, 0.717) is 0 Å². The van der Waals surface area contributed by atoms with Crippen LogP contribution in [-0.2, 0) is 6.61 Å². The highest BCUT2D eigenvalue weighted by Gasteiger charge is 2.10. The molecule has 5 heteroatoms. The minimum Gasteiger partial charge on any atom is -0.489 e. The van der Waals surface area contributed by atoms with Crippen molar-refractivity contribution >= 4 is 11.6 Å². The van der Waals surface area contributed by atoms with Gasteiger partial charge in [0.15, 0.2) is 0 Å². The minimum atomic E-state index is -0.894. The van der Waals surface area contributed by atoms with Crippen LogP contribution in [0.1, 0.15) is 24.2 Å². The first kappa shape index (κ1) is 14.8. The van der Waals surface area contributed by atoms with Crippen molar-refractivity contribution in [1.29, 1.82) is 0 Å². The van der Waals surface area contributed by atoms with Crippen molar-refractivity contribution in [2.45, 2.75) is 19.6 Å². The van der Waals surface area contributed by atoms with Gasteiger partial charge in [-0.15, -0.1) is 0 Å². The number of benzene rings is 2. The summed E-state index contributed by atoms with van der Waals surface area (Å²) in [5.74, 6) is -0.856. The van der Waals surface area contributed by atoms with Gasteiger partial charge in [-0.2, -0.15) is 0 Å². The highest BCUT2D eigenvalue weighted by Crippen LogP contribution is 2.23. The normalized spacial score (nSPS) is 12.2. The van der Waals surface area contributed by atoms with Gasteiger partial charge in [0.05, 0.1) is 11.1 Å². The molecule has 2 nitrogen and oxygen atoms in total. The van der Waals surface area contributed by atoms with Gasteiger partial charge in [0.25, 0.3) is 0 Å². The third-order valence-corrected chi connectivity index (χ3v) is 3.14. The molecule has 2 aromatic carbocycles. The highest BCUT2D eigenvalue weighted by atomic mass is 35.5. The van der Waals surface area contributed by atoms with Crippen LogP contribution in [0, 0.1) is 11.6 Å². The molecule has 0 spiro atoms. The van der Waals surface area contributed by atoms with E-state index in [1.165, 1.54) is 25.1 Å². The predicted octanol–water partition coefficient (Wildman–Crippen LogP) is 4.25. The van der Waals surface area contributed by atoms with Crippen molar-refractivity contribution in [3.63, 3.8) is 0 Å². The Morgan fingerprint density at radius 3 is 2.65 bits per heavy atom. The Balaban J connectivity index is 2.11. The fraction of sp³-hybridized carbons (Fsp3) is 0.200. The van der Waals surface area contributed by atoms with Crippen molar-refractivity contribution in [1.82, 2.24) is 0 Å². The molecular weight excluding hydrogens is 286 g/mol. The first-order chi connectivity index (χ1) is 9.49. The Morgan fingerprint density at radius 2 is 2.00 bits per heavy atom. The van der Waals surface area contributed by atoms with Gasteiger partial charge < -0.3 is 9.84 Å². The largest absolute Gasteiger partial charge is 0.489 e. The zero-order valence-corrected chi connectivity index (χ0v) is 11.5. The molecule has 2 rings (SSSR count). The second kappa shape index (κ2) is 6.20. The number of rotatable bonds is 4. The molecule has 0 radical (unpaired) electrons. The van der Waals surface area contributed by atoms with E-state index in [1.807, 2.05) is 0 Å². The van der Waals surface area contributed by atoms with Gasteiger partial charge in [-0.3, -0.25) is 0 Å². The standard InChI is InChI=1S/C15H13ClF2O2/c1-9(19)12-6-5-11(7-14(12)17)20-8-10-3-2-4-13(16)15(10)18/h2-7,9,19H,8H2,1H3. The molecule has 20 heavy (non-hydrogen) atoms. The Hall–Kier alpha value is -1.65. The predicted molar refractivity (Wildman–Crippen MR) is 72.8 cm³/mol. The highest BCUT2D eigenvalue weighted by molar-refractivity contribution is 6.30. The third kappa shape index (κ3) is 3.26. The molecule has 0 aliphatic rings. The zero-order valence-electron chi connectivity index (χ0n) is 10.7. The molecule has 0 fully saturated rings. The van der Waals surface area contributed by atoms with Crippen LogP contribution in [0.5, 0.6) is 5.75 Å². The average molecular weight is 299 g/mol. The Labute approximate surface area is 120 Å². The first-order valence-electron chi connectivity index (χ1n) is 6.02. The molecule has 1 atom stereocenters. The Bertz CT molecular complexity index is 615. The van der Waals surface area contributed by atoms with Gasteiger partial charge in [-0.1, -0.05) is 23.7 Å². The molecular formula is C15H13ClF2O2. The van der Waals surface area contributed by atoms with Gasteiger partial charge in [0, 0.05) is 17.2 Å². The van der Waals surface area contributed by atoms with Crippen LogP contribution in [0.15, 0.2) is 36.4 Å². The second-order valence-electron chi connectivity index (χ2n) is 4.36. The summed E-state index contributed by atoms with van der Waals surface area (Å²) in [4.78, 5) is 0. The summed E-state index contributed by atoms with van der Waals surface area (Å²) in [6, 6.07) is 8.71. The lowest BCUT2D eigenvalue weighted by Gasteiger charge is -2.10. The van der Waals surface area contributed by atoms with Crippen LogP contribution in [-0.4, -0.2) is 5.11 Å². The molecule has 0 amide bonds. The molecule has 2 aromatic rings. The van der Waals surface area contributed by atoms with Gasteiger partial charge in [-0.25, -0.2) is 8.78 Å². The van der Waals surface area contributed by atoms with Crippen LogP contribution in [0.3, 0.4) is 0 Å². The Morgan fingerprint density at radius 1 is 1.25 bits per heavy atom. The number of aliphatic hydroxyl groups excluding tert-OH is 1. The molecule has 1 unspecified atom stereocenters. The van der Waals surface area contributed by atoms with Crippen LogP contribution in [0.2, 0.25) is 5.02 Å². The molecule has 0 aromatic heterocycles. The average Bonchev–Trinajstić information content (AvgIpc) is 2.40. The van der Waals surface area contributed by atoms with Crippen LogP contribution < -0.4 is 4.74 Å². The van der Waals surface area contributed by atoms with E-state index in [2.05, 4.69) is 0 Å². The smallest absolute Gasteiger partial charge is 0.148 e. The lowest BCUT2D eigenvalue weighted by molar-refractivity contribution is 0.194. The SMILES string of the molecule is CC(O)c1ccc(OCc2cccc(Cl)c2F)cc1F.